The first-order valence-electron chi connectivity index (χ1n) is 10.9. The van der Waals surface area contributed by atoms with Gasteiger partial charge in [-0.25, -0.2) is 13.8 Å². The lowest BCUT2D eigenvalue weighted by molar-refractivity contribution is -0.0499. The number of anilines is 1. The van der Waals surface area contributed by atoms with Crippen molar-refractivity contribution in [1.82, 2.24) is 5.43 Å². The van der Waals surface area contributed by atoms with Crippen LogP contribution in [-0.4, -0.2) is 27.2 Å². The number of rotatable bonds is 7. The van der Waals surface area contributed by atoms with Gasteiger partial charge in [-0.2, -0.15) is 13.9 Å². The summed E-state index contributed by atoms with van der Waals surface area (Å²) in [5.41, 5.74) is 4.23. The maximum absolute atomic E-state index is 13.2. The van der Waals surface area contributed by atoms with E-state index in [0.29, 0.717) is 22.2 Å². The Kier molecular flexibility index (Phi) is 6.11. The molecule has 0 aliphatic carbocycles. The molecule has 0 aromatic heterocycles. The Morgan fingerprint density at radius 2 is 1.69 bits per heavy atom. The van der Waals surface area contributed by atoms with Crippen LogP contribution < -0.4 is 14.5 Å². The predicted octanol–water partition coefficient (Wildman–Crippen LogP) is 4.91. The van der Waals surface area contributed by atoms with Crippen LogP contribution in [0, 0.1) is 0 Å². The first-order chi connectivity index (χ1) is 17.3. The molecule has 1 amide bonds. The van der Waals surface area contributed by atoms with E-state index in [1.807, 2.05) is 18.2 Å². The fraction of sp³-hybridized carbons (Fsp3) is 0.0769. The van der Waals surface area contributed by atoms with E-state index in [-0.39, 0.29) is 22.8 Å². The summed E-state index contributed by atoms with van der Waals surface area (Å²) in [4.78, 5) is 12.7. The summed E-state index contributed by atoms with van der Waals surface area (Å²) in [6.45, 7) is -2.87. The number of carbonyl (C=O) groups is 1. The van der Waals surface area contributed by atoms with Crippen molar-refractivity contribution < 1.29 is 26.7 Å². The van der Waals surface area contributed by atoms with Crippen molar-refractivity contribution in [3.63, 3.8) is 0 Å². The van der Waals surface area contributed by atoms with Crippen molar-refractivity contribution >= 4 is 38.6 Å². The molecule has 4 aromatic rings. The zero-order valence-electron chi connectivity index (χ0n) is 18.6. The number of para-hydroxylation sites is 1. The monoisotopic (exact) mass is 507 g/mol. The lowest BCUT2D eigenvalue weighted by atomic mass is 10.1. The highest BCUT2D eigenvalue weighted by atomic mass is 32.2. The van der Waals surface area contributed by atoms with Crippen molar-refractivity contribution in [2.45, 2.75) is 18.1 Å². The molecule has 0 atom stereocenters. The third kappa shape index (κ3) is 4.38. The first-order valence-corrected chi connectivity index (χ1v) is 12.3. The van der Waals surface area contributed by atoms with Crippen LogP contribution in [0.1, 0.15) is 21.5 Å². The molecule has 1 heterocycles. The van der Waals surface area contributed by atoms with E-state index >= 15 is 0 Å². The number of hydrazone groups is 1. The molecule has 36 heavy (non-hydrogen) atoms. The van der Waals surface area contributed by atoms with Gasteiger partial charge in [0.1, 0.15) is 5.75 Å². The molecule has 1 aliphatic heterocycles. The molecule has 0 radical (unpaired) electrons. The zero-order chi connectivity index (χ0) is 25.3. The van der Waals surface area contributed by atoms with Gasteiger partial charge >= 0.3 is 6.61 Å². The summed E-state index contributed by atoms with van der Waals surface area (Å²) in [5, 5.41) is 5.38. The third-order valence-corrected chi connectivity index (χ3v) is 7.53. The molecule has 0 fully saturated rings. The van der Waals surface area contributed by atoms with Crippen LogP contribution in [0.4, 0.5) is 14.5 Å². The molecule has 4 aromatic carbocycles. The number of amides is 1. The Labute approximate surface area is 205 Å². The van der Waals surface area contributed by atoms with E-state index in [1.54, 1.807) is 54.6 Å². The van der Waals surface area contributed by atoms with Gasteiger partial charge in [0.25, 0.3) is 15.9 Å². The minimum Gasteiger partial charge on any atom is -0.434 e. The molecular formula is C26H19F2N3O4S. The maximum atomic E-state index is 13.2. The zero-order valence-corrected chi connectivity index (χ0v) is 19.5. The molecule has 7 nitrogen and oxygen atoms in total. The van der Waals surface area contributed by atoms with Crippen LogP contribution >= 0.6 is 0 Å². The lowest BCUT2D eigenvalue weighted by Gasteiger charge is -2.19. The van der Waals surface area contributed by atoms with Gasteiger partial charge in [-0.05, 0) is 47.3 Å². The molecule has 0 saturated heterocycles. The third-order valence-electron chi connectivity index (χ3n) is 5.73. The number of ether oxygens (including phenoxy) is 1. The van der Waals surface area contributed by atoms with E-state index in [4.69, 9.17) is 0 Å². The average molecular weight is 508 g/mol. The predicted molar refractivity (Wildman–Crippen MR) is 132 cm³/mol. The Hall–Kier alpha value is -4.31. The number of sulfonamides is 1. The van der Waals surface area contributed by atoms with Crippen molar-refractivity contribution in [1.29, 1.82) is 0 Å². The fourth-order valence-corrected chi connectivity index (χ4v) is 5.77. The molecule has 182 valence electrons. The molecule has 0 saturated carbocycles. The number of carbonyl (C=O) groups excluding carboxylic acids is 1. The molecule has 1 aliphatic rings. The van der Waals surface area contributed by atoms with E-state index in [2.05, 4.69) is 15.3 Å². The summed E-state index contributed by atoms with van der Waals surface area (Å²) in [5.74, 6) is -0.583. The standard InChI is InChI=1S/C26H19F2N3O4S/c27-26(28)35-22-9-2-1-5-20(22)15-29-30-25(32)19-13-11-17(12-14-19)16-31-21-8-3-6-18-7-4-10-23(24(18)21)36(31,33)34/h1-15,26H,16H2,(H,30,32). The number of hydrogen-bond donors (Lipinski definition) is 1. The second-order valence-corrected chi connectivity index (χ2v) is 9.79. The van der Waals surface area contributed by atoms with Crippen LogP contribution in [0.3, 0.4) is 0 Å². The number of nitrogens with one attached hydrogen (secondary N) is 1. The fourth-order valence-electron chi connectivity index (χ4n) is 4.07. The molecule has 0 bridgehead atoms. The molecule has 0 spiro atoms. The van der Waals surface area contributed by atoms with Crippen LogP contribution in [0.2, 0.25) is 0 Å². The largest absolute Gasteiger partial charge is 0.434 e. The minimum atomic E-state index is -3.69. The quantitative estimate of drug-likeness (QED) is 0.284. The van der Waals surface area contributed by atoms with Gasteiger partial charge in [-0.3, -0.25) is 9.10 Å². The van der Waals surface area contributed by atoms with Gasteiger partial charge in [0.2, 0.25) is 0 Å². The Morgan fingerprint density at radius 3 is 2.44 bits per heavy atom. The highest BCUT2D eigenvalue weighted by Gasteiger charge is 2.35. The van der Waals surface area contributed by atoms with Crippen LogP contribution in [-0.2, 0) is 16.6 Å². The van der Waals surface area contributed by atoms with Gasteiger partial charge in [-0.15, -0.1) is 0 Å². The van der Waals surface area contributed by atoms with Gasteiger partial charge in [0.05, 0.1) is 23.3 Å². The smallest absolute Gasteiger partial charge is 0.387 e. The van der Waals surface area contributed by atoms with Gasteiger partial charge in [0, 0.05) is 16.5 Å². The molecule has 10 heteroatoms. The number of benzene rings is 4. The van der Waals surface area contributed by atoms with Gasteiger partial charge in [-0.1, -0.05) is 48.5 Å². The average Bonchev–Trinajstić information content (AvgIpc) is 3.08. The van der Waals surface area contributed by atoms with Crippen LogP contribution in [0.15, 0.2) is 94.9 Å². The number of halogens is 2. The summed E-state index contributed by atoms with van der Waals surface area (Å²) in [6, 6.07) is 23.2. The second-order valence-electron chi connectivity index (χ2n) is 7.96. The number of hydrogen-bond acceptors (Lipinski definition) is 5. The van der Waals surface area contributed by atoms with Crippen molar-refractivity contribution in [2.24, 2.45) is 5.10 Å². The second kappa shape index (κ2) is 9.38. The van der Waals surface area contributed by atoms with Gasteiger partial charge < -0.3 is 4.74 Å². The number of nitrogens with zero attached hydrogens (tertiary/aromatic N) is 2. The summed E-state index contributed by atoms with van der Waals surface area (Å²) < 4.78 is 57.2. The SMILES string of the molecule is O=C(NN=Cc1ccccc1OC(F)F)c1ccc(CN2c3cccc4cccc(c34)S2(=O)=O)cc1. The minimum absolute atomic E-state index is 0.0652. The highest BCUT2D eigenvalue weighted by molar-refractivity contribution is 7.93. The molecule has 1 N–H and O–H groups in total. The van der Waals surface area contributed by atoms with E-state index in [9.17, 15) is 22.0 Å². The van der Waals surface area contributed by atoms with Crippen molar-refractivity contribution in [2.75, 3.05) is 4.31 Å². The number of alkyl halides is 2. The van der Waals surface area contributed by atoms with Crippen molar-refractivity contribution in [3.8, 4) is 5.75 Å². The molecular weight excluding hydrogens is 488 g/mol. The summed E-state index contributed by atoms with van der Waals surface area (Å²) >= 11 is 0. The topological polar surface area (TPSA) is 88.1 Å². The maximum Gasteiger partial charge on any atom is 0.387 e. The molecule has 0 unspecified atom stereocenters. The summed E-state index contributed by atoms with van der Waals surface area (Å²) in [6.07, 6.45) is 1.21. The van der Waals surface area contributed by atoms with Crippen molar-refractivity contribution in [3.05, 3.63) is 102 Å². The Balaban J connectivity index is 1.29. The normalized spacial score (nSPS) is 14.0. The van der Waals surface area contributed by atoms with E-state index in [0.717, 1.165) is 5.39 Å². The van der Waals surface area contributed by atoms with Crippen LogP contribution in [0.25, 0.3) is 10.8 Å². The Morgan fingerprint density at radius 1 is 0.972 bits per heavy atom. The lowest BCUT2D eigenvalue weighted by Crippen LogP contribution is -2.26. The van der Waals surface area contributed by atoms with Crippen LogP contribution in [0.5, 0.6) is 5.75 Å². The Bertz CT molecular complexity index is 1580. The van der Waals surface area contributed by atoms with E-state index < -0.39 is 22.5 Å². The van der Waals surface area contributed by atoms with E-state index in [1.165, 1.54) is 22.7 Å². The summed E-state index contributed by atoms with van der Waals surface area (Å²) in [7, 11) is -3.69. The first kappa shape index (κ1) is 23.4. The van der Waals surface area contributed by atoms with Gasteiger partial charge in [0.15, 0.2) is 0 Å². The molecule has 5 rings (SSSR count). The highest BCUT2D eigenvalue weighted by Crippen LogP contribution is 2.42.